The third-order valence-electron chi connectivity index (χ3n) is 1.74. The van der Waals surface area contributed by atoms with Crippen molar-refractivity contribution in [3.63, 3.8) is 0 Å². The summed E-state index contributed by atoms with van der Waals surface area (Å²) in [5, 5.41) is 0. The molecule has 13 heavy (non-hydrogen) atoms. The fraction of sp³-hybridized carbons (Fsp3) is 0.500. The Hall–Kier alpha value is -0.980. The second-order valence-electron chi connectivity index (χ2n) is 2.97. The highest BCUT2D eigenvalue weighted by molar-refractivity contribution is 5.16. The summed E-state index contributed by atoms with van der Waals surface area (Å²) in [4.78, 5) is 0. The molecule has 0 spiro atoms. The summed E-state index contributed by atoms with van der Waals surface area (Å²) >= 11 is 0. The maximum absolute atomic E-state index is 5.36. The molecule has 0 unspecified atom stereocenters. The van der Waals surface area contributed by atoms with Crippen molar-refractivity contribution in [3.05, 3.63) is 37.1 Å². The zero-order chi connectivity index (χ0) is 9.94. The lowest BCUT2D eigenvalue weighted by molar-refractivity contribution is 0.239. The highest BCUT2D eigenvalue weighted by Crippen LogP contribution is 2.03. The van der Waals surface area contributed by atoms with Gasteiger partial charge in [0.2, 0.25) is 0 Å². The summed E-state index contributed by atoms with van der Waals surface area (Å²) < 4.78 is 5.36. The van der Waals surface area contributed by atoms with E-state index in [0.717, 1.165) is 25.0 Å². The summed E-state index contributed by atoms with van der Waals surface area (Å²) in [6.45, 7) is 10.4. The molecule has 0 heterocycles. The largest absolute Gasteiger partial charge is 0.501 e. The van der Waals surface area contributed by atoms with Crippen LogP contribution in [-0.4, -0.2) is 6.61 Å². The maximum Gasteiger partial charge on any atom is 0.0873 e. The van der Waals surface area contributed by atoms with Gasteiger partial charge < -0.3 is 4.74 Å². The first-order valence-electron chi connectivity index (χ1n) is 4.89. The zero-order valence-electron chi connectivity index (χ0n) is 8.59. The van der Waals surface area contributed by atoms with Gasteiger partial charge >= 0.3 is 0 Å². The molecule has 1 nitrogen and oxygen atoms in total. The highest BCUT2D eigenvalue weighted by Gasteiger charge is 1.88. The number of ether oxygens (including phenoxy) is 1. The van der Waals surface area contributed by atoms with Gasteiger partial charge in [0, 0.05) is 0 Å². The molecule has 0 fully saturated rings. The second-order valence-corrected chi connectivity index (χ2v) is 2.97. The van der Waals surface area contributed by atoms with Crippen molar-refractivity contribution in [3.8, 4) is 0 Å². The first kappa shape index (κ1) is 12.0. The molecule has 0 saturated heterocycles. The van der Waals surface area contributed by atoms with E-state index in [1.807, 2.05) is 12.2 Å². The monoisotopic (exact) mass is 180 g/mol. The van der Waals surface area contributed by atoms with Gasteiger partial charge in [0.05, 0.1) is 12.9 Å². The summed E-state index contributed by atoms with van der Waals surface area (Å²) in [7, 11) is 0. The average Bonchev–Trinajstić information content (AvgIpc) is 2.16. The van der Waals surface area contributed by atoms with Crippen LogP contribution >= 0.6 is 0 Å². The Bertz CT molecular complexity index is 168. The highest BCUT2D eigenvalue weighted by atomic mass is 16.5. The van der Waals surface area contributed by atoms with Crippen molar-refractivity contribution in [2.45, 2.75) is 32.6 Å². The lowest BCUT2D eigenvalue weighted by atomic mass is 10.2. The molecule has 0 saturated carbocycles. The lowest BCUT2D eigenvalue weighted by Gasteiger charge is -2.01. The lowest BCUT2D eigenvalue weighted by Crippen LogP contribution is -1.88. The van der Waals surface area contributed by atoms with Gasteiger partial charge in [0.25, 0.3) is 0 Å². The Morgan fingerprint density at radius 2 is 2.08 bits per heavy atom. The van der Waals surface area contributed by atoms with Crippen LogP contribution < -0.4 is 0 Å². The summed E-state index contributed by atoms with van der Waals surface area (Å²) in [6, 6.07) is 0. The summed E-state index contributed by atoms with van der Waals surface area (Å²) in [5.41, 5.74) is 1.09. The SMILES string of the molecule is C=CCC(C=C)=COCCCCC. The number of hydrogen-bond acceptors (Lipinski definition) is 1. The van der Waals surface area contributed by atoms with Crippen LogP contribution in [0.25, 0.3) is 0 Å². The third kappa shape index (κ3) is 7.38. The zero-order valence-corrected chi connectivity index (χ0v) is 8.59. The number of unbranched alkanes of at least 4 members (excludes halogenated alkanes) is 2. The minimum absolute atomic E-state index is 0.808. The molecule has 0 aromatic rings. The molecule has 0 aliphatic heterocycles. The van der Waals surface area contributed by atoms with E-state index in [9.17, 15) is 0 Å². The fourth-order valence-corrected chi connectivity index (χ4v) is 0.948. The molecule has 1 heteroatoms. The van der Waals surface area contributed by atoms with E-state index in [1.54, 1.807) is 6.26 Å². The topological polar surface area (TPSA) is 9.23 Å². The van der Waals surface area contributed by atoms with Crippen LogP contribution in [0, 0.1) is 0 Å². The second kappa shape index (κ2) is 9.11. The van der Waals surface area contributed by atoms with Gasteiger partial charge in [0.1, 0.15) is 0 Å². The van der Waals surface area contributed by atoms with Crippen molar-refractivity contribution >= 4 is 0 Å². The van der Waals surface area contributed by atoms with Crippen molar-refractivity contribution in [2.24, 2.45) is 0 Å². The molecule has 0 amide bonds. The van der Waals surface area contributed by atoms with Gasteiger partial charge in [-0.25, -0.2) is 0 Å². The van der Waals surface area contributed by atoms with Crippen LogP contribution in [0.4, 0.5) is 0 Å². The first-order chi connectivity index (χ1) is 6.35. The Morgan fingerprint density at radius 1 is 1.31 bits per heavy atom. The van der Waals surface area contributed by atoms with Crippen LogP contribution in [0.1, 0.15) is 32.6 Å². The van der Waals surface area contributed by atoms with E-state index in [0.29, 0.717) is 0 Å². The number of rotatable bonds is 8. The predicted octanol–water partition coefficient (Wildman–Crippen LogP) is 3.84. The molecular formula is C12H20O. The van der Waals surface area contributed by atoms with Gasteiger partial charge in [-0.05, 0) is 18.4 Å². The molecule has 0 rings (SSSR count). The van der Waals surface area contributed by atoms with Gasteiger partial charge in [-0.3, -0.25) is 0 Å². The van der Waals surface area contributed by atoms with E-state index in [2.05, 4.69) is 20.1 Å². The Balaban J connectivity index is 3.54. The molecular weight excluding hydrogens is 160 g/mol. The van der Waals surface area contributed by atoms with Crippen LogP contribution in [0.3, 0.4) is 0 Å². The van der Waals surface area contributed by atoms with Crippen molar-refractivity contribution < 1.29 is 4.74 Å². The molecule has 0 aromatic heterocycles. The first-order valence-corrected chi connectivity index (χ1v) is 4.89. The summed E-state index contributed by atoms with van der Waals surface area (Å²) in [6.07, 6.45) is 9.87. The van der Waals surface area contributed by atoms with E-state index in [1.165, 1.54) is 12.8 Å². The minimum atomic E-state index is 0.808. The Labute approximate surface area is 81.8 Å². The Morgan fingerprint density at radius 3 is 2.62 bits per heavy atom. The van der Waals surface area contributed by atoms with Crippen molar-refractivity contribution in [1.82, 2.24) is 0 Å². The fourth-order valence-electron chi connectivity index (χ4n) is 0.948. The number of allylic oxidation sites excluding steroid dienone is 3. The summed E-state index contributed by atoms with van der Waals surface area (Å²) in [5.74, 6) is 0. The maximum atomic E-state index is 5.36. The molecule has 0 atom stereocenters. The molecule has 74 valence electrons. The smallest absolute Gasteiger partial charge is 0.0873 e. The average molecular weight is 180 g/mol. The Kier molecular flexibility index (Phi) is 8.42. The van der Waals surface area contributed by atoms with E-state index in [4.69, 9.17) is 4.74 Å². The van der Waals surface area contributed by atoms with E-state index < -0.39 is 0 Å². The van der Waals surface area contributed by atoms with Crippen LogP contribution in [-0.2, 0) is 4.74 Å². The van der Waals surface area contributed by atoms with Crippen molar-refractivity contribution in [1.29, 1.82) is 0 Å². The van der Waals surface area contributed by atoms with Crippen LogP contribution in [0.5, 0.6) is 0 Å². The van der Waals surface area contributed by atoms with Gasteiger partial charge in [-0.15, -0.1) is 6.58 Å². The molecule has 0 aromatic carbocycles. The minimum Gasteiger partial charge on any atom is -0.501 e. The van der Waals surface area contributed by atoms with Gasteiger partial charge in [0.15, 0.2) is 0 Å². The van der Waals surface area contributed by atoms with Crippen LogP contribution in [0.2, 0.25) is 0 Å². The molecule has 0 aliphatic carbocycles. The molecule has 0 aliphatic rings. The third-order valence-corrected chi connectivity index (χ3v) is 1.74. The van der Waals surface area contributed by atoms with Crippen LogP contribution in [0.15, 0.2) is 37.1 Å². The standard InChI is InChI=1S/C12H20O/c1-4-7-8-10-13-11-12(6-3)9-5-2/h5-6,11H,2-4,7-10H2,1H3. The van der Waals surface area contributed by atoms with E-state index in [-0.39, 0.29) is 0 Å². The molecule has 0 N–H and O–H groups in total. The predicted molar refractivity (Wildman–Crippen MR) is 58.6 cm³/mol. The quantitative estimate of drug-likeness (QED) is 0.239. The normalized spacial score (nSPS) is 11.0. The molecule has 0 radical (unpaired) electrons. The van der Waals surface area contributed by atoms with Gasteiger partial charge in [-0.2, -0.15) is 0 Å². The van der Waals surface area contributed by atoms with Gasteiger partial charge in [-0.1, -0.05) is 38.5 Å². The van der Waals surface area contributed by atoms with E-state index >= 15 is 0 Å². The van der Waals surface area contributed by atoms with Crippen molar-refractivity contribution in [2.75, 3.05) is 6.61 Å². The number of hydrogen-bond donors (Lipinski definition) is 0. The molecule has 0 bridgehead atoms.